The molecule has 1 aromatic carbocycles. The van der Waals surface area contributed by atoms with Gasteiger partial charge in [-0.1, -0.05) is 24.8 Å². The lowest BCUT2D eigenvalue weighted by atomic mass is 9.90. The maximum atomic E-state index is 11.3. The van der Waals surface area contributed by atoms with Crippen molar-refractivity contribution in [1.29, 1.82) is 0 Å². The van der Waals surface area contributed by atoms with Crippen molar-refractivity contribution < 1.29 is 14.6 Å². The van der Waals surface area contributed by atoms with Crippen LogP contribution in [0.2, 0.25) is 0 Å². The third-order valence-corrected chi connectivity index (χ3v) is 4.09. The van der Waals surface area contributed by atoms with E-state index in [1.807, 2.05) is 25.1 Å². The quantitative estimate of drug-likeness (QED) is 0.818. The van der Waals surface area contributed by atoms with Crippen molar-refractivity contribution in [3.05, 3.63) is 42.5 Å². The van der Waals surface area contributed by atoms with E-state index in [9.17, 15) is 9.90 Å². The van der Waals surface area contributed by atoms with Crippen LogP contribution in [-0.4, -0.2) is 35.2 Å². The van der Waals surface area contributed by atoms with Gasteiger partial charge in [0.15, 0.2) is 0 Å². The molecule has 0 unspecified atom stereocenters. The van der Waals surface area contributed by atoms with Gasteiger partial charge in [0.2, 0.25) is 0 Å². The smallest absolute Gasteiger partial charge is 0.308 e. The number of piperidine rings is 1. The van der Waals surface area contributed by atoms with Crippen LogP contribution < -0.4 is 4.74 Å². The van der Waals surface area contributed by atoms with E-state index < -0.39 is 5.97 Å². The average molecular weight is 289 g/mol. The van der Waals surface area contributed by atoms with Crippen molar-refractivity contribution >= 4 is 5.97 Å². The molecule has 114 valence electrons. The molecule has 2 atom stereocenters. The van der Waals surface area contributed by atoms with Gasteiger partial charge >= 0.3 is 5.97 Å². The van der Waals surface area contributed by atoms with Crippen LogP contribution in [0.3, 0.4) is 0 Å². The van der Waals surface area contributed by atoms with Gasteiger partial charge in [0.05, 0.1) is 5.92 Å². The largest absolute Gasteiger partial charge is 0.490 e. The second-order valence-electron chi connectivity index (χ2n) is 5.55. The highest BCUT2D eigenvalue weighted by atomic mass is 16.5. The van der Waals surface area contributed by atoms with Crippen LogP contribution in [0.1, 0.15) is 25.3 Å². The Hall–Kier alpha value is -1.81. The summed E-state index contributed by atoms with van der Waals surface area (Å²) in [5, 5.41) is 9.28. The van der Waals surface area contributed by atoms with E-state index in [1.165, 1.54) is 0 Å². The number of hydrogen-bond acceptors (Lipinski definition) is 3. The highest BCUT2D eigenvalue weighted by molar-refractivity contribution is 5.70. The van der Waals surface area contributed by atoms with Crippen LogP contribution in [0.5, 0.6) is 5.75 Å². The lowest BCUT2D eigenvalue weighted by Crippen LogP contribution is -2.45. The van der Waals surface area contributed by atoms with Gasteiger partial charge in [0.1, 0.15) is 12.4 Å². The molecule has 1 saturated heterocycles. The molecule has 0 aliphatic carbocycles. The van der Waals surface area contributed by atoms with Crippen LogP contribution in [0.4, 0.5) is 0 Å². The topological polar surface area (TPSA) is 49.8 Å². The molecule has 4 heteroatoms. The Labute approximate surface area is 126 Å². The van der Waals surface area contributed by atoms with Crippen LogP contribution >= 0.6 is 0 Å². The summed E-state index contributed by atoms with van der Waals surface area (Å²) in [4.78, 5) is 13.5. The molecule has 0 bridgehead atoms. The molecule has 4 nitrogen and oxygen atoms in total. The lowest BCUT2D eigenvalue weighted by molar-refractivity contribution is -0.145. The van der Waals surface area contributed by atoms with E-state index in [4.69, 9.17) is 4.74 Å². The molecule has 1 fully saturated rings. The summed E-state index contributed by atoms with van der Waals surface area (Å²) in [6, 6.07) is 8.02. The summed E-state index contributed by atoms with van der Waals surface area (Å²) in [5.74, 6) is -0.124. The number of benzene rings is 1. The van der Waals surface area contributed by atoms with Crippen molar-refractivity contribution in [3.63, 3.8) is 0 Å². The Balaban J connectivity index is 2.03. The molecule has 0 saturated carbocycles. The van der Waals surface area contributed by atoms with Crippen molar-refractivity contribution in [2.45, 2.75) is 32.4 Å². The monoisotopic (exact) mass is 289 g/mol. The van der Waals surface area contributed by atoms with Crippen LogP contribution in [-0.2, 0) is 11.3 Å². The van der Waals surface area contributed by atoms with E-state index in [0.717, 1.165) is 37.2 Å². The number of aliphatic carboxylic acids is 1. The zero-order valence-corrected chi connectivity index (χ0v) is 12.5. The summed E-state index contributed by atoms with van der Waals surface area (Å²) in [5.41, 5.74) is 1.15. The summed E-state index contributed by atoms with van der Waals surface area (Å²) >= 11 is 0. The Morgan fingerprint density at radius 1 is 1.57 bits per heavy atom. The maximum Gasteiger partial charge on any atom is 0.308 e. The first-order valence-electron chi connectivity index (χ1n) is 7.41. The second kappa shape index (κ2) is 7.27. The number of likely N-dealkylation sites (tertiary alicyclic amines) is 1. The molecule has 1 heterocycles. The van der Waals surface area contributed by atoms with E-state index >= 15 is 0 Å². The normalized spacial score (nSPS) is 22.7. The Morgan fingerprint density at radius 2 is 2.38 bits per heavy atom. The van der Waals surface area contributed by atoms with Crippen molar-refractivity contribution in [2.24, 2.45) is 5.92 Å². The summed E-state index contributed by atoms with van der Waals surface area (Å²) in [6.45, 7) is 7.85. The number of nitrogens with zero attached hydrogens (tertiary/aromatic N) is 1. The Morgan fingerprint density at radius 3 is 3.10 bits per heavy atom. The van der Waals surface area contributed by atoms with E-state index in [1.54, 1.807) is 6.08 Å². The molecular weight excluding hydrogens is 266 g/mol. The van der Waals surface area contributed by atoms with Gasteiger partial charge in [-0.3, -0.25) is 9.69 Å². The zero-order chi connectivity index (χ0) is 15.2. The minimum atomic E-state index is -0.685. The average Bonchev–Trinajstić information content (AvgIpc) is 2.47. The fourth-order valence-corrected chi connectivity index (χ4v) is 2.89. The number of rotatable bonds is 6. The zero-order valence-electron chi connectivity index (χ0n) is 12.5. The van der Waals surface area contributed by atoms with Gasteiger partial charge in [-0.15, -0.1) is 0 Å². The molecule has 0 spiro atoms. The van der Waals surface area contributed by atoms with Gasteiger partial charge in [0, 0.05) is 12.6 Å². The molecule has 2 rings (SSSR count). The van der Waals surface area contributed by atoms with E-state index in [2.05, 4.69) is 17.5 Å². The fourth-order valence-electron chi connectivity index (χ4n) is 2.89. The SMILES string of the molecule is C=CCOc1cccc(CN2CCC[C@@H](C(=O)O)[C@H]2C)c1. The number of carboxylic acid groups (broad SMARTS) is 1. The van der Waals surface area contributed by atoms with Gasteiger partial charge in [-0.25, -0.2) is 0 Å². The van der Waals surface area contributed by atoms with Crippen LogP contribution in [0.25, 0.3) is 0 Å². The number of ether oxygens (including phenoxy) is 1. The second-order valence-corrected chi connectivity index (χ2v) is 5.55. The molecule has 0 radical (unpaired) electrons. The van der Waals surface area contributed by atoms with Crippen molar-refractivity contribution in [2.75, 3.05) is 13.2 Å². The van der Waals surface area contributed by atoms with Crippen LogP contribution in [0.15, 0.2) is 36.9 Å². The summed E-state index contributed by atoms with van der Waals surface area (Å²) in [7, 11) is 0. The Kier molecular flexibility index (Phi) is 5.39. The highest BCUT2D eigenvalue weighted by Crippen LogP contribution is 2.26. The van der Waals surface area contributed by atoms with Gasteiger partial charge in [0.25, 0.3) is 0 Å². The molecule has 1 aromatic rings. The molecule has 0 amide bonds. The first-order chi connectivity index (χ1) is 10.1. The van der Waals surface area contributed by atoms with Gasteiger partial charge in [-0.2, -0.15) is 0 Å². The minimum Gasteiger partial charge on any atom is -0.490 e. The molecule has 1 aliphatic heterocycles. The molecule has 1 aliphatic rings. The third kappa shape index (κ3) is 4.08. The summed E-state index contributed by atoms with van der Waals surface area (Å²) < 4.78 is 5.54. The standard InChI is InChI=1S/C17H23NO3/c1-3-10-21-15-7-4-6-14(11-15)12-18-9-5-8-16(13(18)2)17(19)20/h3-4,6-7,11,13,16H,1,5,8-10,12H2,2H3,(H,19,20)/t13-,16-/m1/s1. The van der Waals surface area contributed by atoms with Gasteiger partial charge in [-0.05, 0) is 44.0 Å². The van der Waals surface area contributed by atoms with E-state index in [0.29, 0.717) is 6.61 Å². The third-order valence-electron chi connectivity index (χ3n) is 4.09. The number of carboxylic acids is 1. The number of carbonyl (C=O) groups is 1. The van der Waals surface area contributed by atoms with Crippen molar-refractivity contribution in [3.8, 4) is 5.75 Å². The molecule has 21 heavy (non-hydrogen) atoms. The highest BCUT2D eigenvalue weighted by Gasteiger charge is 2.32. The first kappa shape index (κ1) is 15.6. The van der Waals surface area contributed by atoms with Gasteiger partial charge < -0.3 is 9.84 Å². The predicted molar refractivity (Wildman–Crippen MR) is 82.4 cm³/mol. The summed E-state index contributed by atoms with van der Waals surface area (Å²) in [6.07, 6.45) is 3.43. The molecule has 0 aromatic heterocycles. The first-order valence-corrected chi connectivity index (χ1v) is 7.41. The molecule has 1 N–H and O–H groups in total. The van der Waals surface area contributed by atoms with Crippen LogP contribution in [0, 0.1) is 5.92 Å². The maximum absolute atomic E-state index is 11.3. The fraction of sp³-hybridized carbons (Fsp3) is 0.471. The minimum absolute atomic E-state index is 0.0639. The molecular formula is C17H23NO3. The van der Waals surface area contributed by atoms with E-state index in [-0.39, 0.29) is 12.0 Å². The lowest BCUT2D eigenvalue weighted by Gasteiger charge is -2.37. The predicted octanol–water partition coefficient (Wildman–Crippen LogP) is 2.94. The number of hydrogen-bond donors (Lipinski definition) is 1. The van der Waals surface area contributed by atoms with Crippen molar-refractivity contribution in [1.82, 2.24) is 4.90 Å². The Bertz CT molecular complexity index is 501.